The second-order valence-corrected chi connectivity index (χ2v) is 5.97. The quantitative estimate of drug-likeness (QED) is 0.774. The van der Waals surface area contributed by atoms with Crippen LogP contribution in [0.15, 0.2) is 0 Å². The van der Waals surface area contributed by atoms with Crippen molar-refractivity contribution in [1.29, 1.82) is 0 Å². The molecule has 2 aliphatic heterocycles. The third kappa shape index (κ3) is 2.86. The SMILES string of the molecule is O=C1CCC2CCC(NCC3CCOC3)CC2O1. The van der Waals surface area contributed by atoms with E-state index in [2.05, 4.69) is 5.32 Å². The molecule has 0 spiro atoms. The van der Waals surface area contributed by atoms with Crippen molar-refractivity contribution in [3.63, 3.8) is 0 Å². The summed E-state index contributed by atoms with van der Waals surface area (Å²) in [7, 11) is 0. The number of hydrogen-bond acceptors (Lipinski definition) is 4. The smallest absolute Gasteiger partial charge is 0.306 e. The second-order valence-electron chi connectivity index (χ2n) is 5.97. The van der Waals surface area contributed by atoms with Crippen molar-refractivity contribution < 1.29 is 14.3 Å². The van der Waals surface area contributed by atoms with Crippen molar-refractivity contribution in [2.45, 2.75) is 50.7 Å². The monoisotopic (exact) mass is 253 g/mol. The zero-order valence-electron chi connectivity index (χ0n) is 10.9. The third-order valence-electron chi connectivity index (χ3n) is 4.65. The fraction of sp³-hybridized carbons (Fsp3) is 0.929. The molecule has 4 nitrogen and oxygen atoms in total. The highest BCUT2D eigenvalue weighted by Gasteiger charge is 2.36. The van der Waals surface area contributed by atoms with Crippen LogP contribution in [0.5, 0.6) is 0 Å². The van der Waals surface area contributed by atoms with E-state index in [1.807, 2.05) is 0 Å². The normalized spacial score (nSPS) is 40.3. The van der Waals surface area contributed by atoms with E-state index in [9.17, 15) is 4.79 Å². The third-order valence-corrected chi connectivity index (χ3v) is 4.65. The minimum Gasteiger partial charge on any atom is -0.462 e. The maximum atomic E-state index is 11.3. The number of ether oxygens (including phenoxy) is 2. The summed E-state index contributed by atoms with van der Waals surface area (Å²) < 4.78 is 10.9. The topological polar surface area (TPSA) is 47.6 Å². The molecule has 2 saturated heterocycles. The Bertz CT molecular complexity index is 301. The Morgan fingerprint density at radius 2 is 2.17 bits per heavy atom. The number of rotatable bonds is 3. The van der Waals surface area contributed by atoms with Crippen molar-refractivity contribution in [1.82, 2.24) is 5.32 Å². The van der Waals surface area contributed by atoms with Gasteiger partial charge < -0.3 is 14.8 Å². The zero-order valence-corrected chi connectivity index (χ0v) is 10.9. The second kappa shape index (κ2) is 5.57. The van der Waals surface area contributed by atoms with Gasteiger partial charge in [-0.2, -0.15) is 0 Å². The van der Waals surface area contributed by atoms with E-state index < -0.39 is 0 Å². The maximum Gasteiger partial charge on any atom is 0.306 e. The van der Waals surface area contributed by atoms with Gasteiger partial charge in [-0.15, -0.1) is 0 Å². The Morgan fingerprint density at radius 1 is 1.22 bits per heavy atom. The van der Waals surface area contributed by atoms with E-state index in [0.29, 0.717) is 24.3 Å². The van der Waals surface area contributed by atoms with Crippen LogP contribution in [-0.4, -0.2) is 37.9 Å². The molecular formula is C14H23NO3. The molecule has 18 heavy (non-hydrogen) atoms. The summed E-state index contributed by atoms with van der Waals surface area (Å²) in [5, 5.41) is 3.64. The molecule has 3 rings (SSSR count). The molecule has 3 fully saturated rings. The van der Waals surface area contributed by atoms with E-state index in [-0.39, 0.29) is 12.1 Å². The minimum atomic E-state index is 0.00101. The molecule has 4 heteroatoms. The Hall–Kier alpha value is -0.610. The number of esters is 1. The summed E-state index contributed by atoms with van der Waals surface area (Å²) in [6.45, 7) is 2.87. The molecule has 0 aromatic carbocycles. The van der Waals surface area contributed by atoms with Gasteiger partial charge in [0.15, 0.2) is 0 Å². The molecular weight excluding hydrogens is 230 g/mol. The van der Waals surface area contributed by atoms with E-state index in [0.717, 1.165) is 32.6 Å². The van der Waals surface area contributed by atoms with Gasteiger partial charge in [0, 0.05) is 25.6 Å². The molecule has 102 valence electrons. The number of nitrogens with one attached hydrogen (secondary N) is 1. The number of carbonyl (C=O) groups is 1. The number of carbonyl (C=O) groups excluding carboxylic acids is 1. The Kier molecular flexibility index (Phi) is 3.85. The molecule has 0 bridgehead atoms. The lowest BCUT2D eigenvalue weighted by Gasteiger charge is -2.39. The standard InChI is InChI=1S/C14H23NO3/c16-14-4-2-11-1-3-12(7-13(11)18-14)15-8-10-5-6-17-9-10/h10-13,15H,1-9H2. The molecule has 1 N–H and O–H groups in total. The van der Waals surface area contributed by atoms with Gasteiger partial charge in [0.2, 0.25) is 0 Å². The van der Waals surface area contributed by atoms with Crippen LogP contribution in [0.25, 0.3) is 0 Å². The lowest BCUT2D eigenvalue weighted by atomic mass is 9.79. The van der Waals surface area contributed by atoms with Crippen molar-refractivity contribution >= 4 is 5.97 Å². The van der Waals surface area contributed by atoms with Gasteiger partial charge in [-0.3, -0.25) is 4.79 Å². The van der Waals surface area contributed by atoms with Crippen LogP contribution in [0.3, 0.4) is 0 Å². The van der Waals surface area contributed by atoms with Crippen LogP contribution in [0.4, 0.5) is 0 Å². The zero-order chi connectivity index (χ0) is 12.4. The summed E-state index contributed by atoms with van der Waals surface area (Å²) in [4.78, 5) is 11.3. The van der Waals surface area contributed by atoms with Crippen molar-refractivity contribution in [2.75, 3.05) is 19.8 Å². The predicted molar refractivity (Wildman–Crippen MR) is 67.2 cm³/mol. The largest absolute Gasteiger partial charge is 0.462 e. The Morgan fingerprint density at radius 3 is 3.00 bits per heavy atom. The van der Waals surface area contributed by atoms with Gasteiger partial charge >= 0.3 is 5.97 Å². The Balaban J connectivity index is 1.45. The van der Waals surface area contributed by atoms with Crippen LogP contribution in [0.1, 0.15) is 38.5 Å². The van der Waals surface area contributed by atoms with Crippen LogP contribution < -0.4 is 5.32 Å². The molecule has 1 saturated carbocycles. The van der Waals surface area contributed by atoms with E-state index in [1.165, 1.54) is 19.3 Å². The van der Waals surface area contributed by atoms with E-state index >= 15 is 0 Å². The average molecular weight is 253 g/mol. The average Bonchev–Trinajstić information content (AvgIpc) is 2.89. The van der Waals surface area contributed by atoms with Crippen molar-refractivity contribution in [2.24, 2.45) is 11.8 Å². The number of fused-ring (bicyclic) bond motifs is 1. The fourth-order valence-electron chi connectivity index (χ4n) is 3.46. The van der Waals surface area contributed by atoms with Gasteiger partial charge in [0.05, 0.1) is 6.61 Å². The molecule has 0 amide bonds. The maximum absolute atomic E-state index is 11.3. The summed E-state index contributed by atoms with van der Waals surface area (Å²) in [5.74, 6) is 1.30. The lowest BCUT2D eigenvalue weighted by molar-refractivity contribution is -0.161. The molecule has 2 heterocycles. The predicted octanol–water partition coefficient (Wildman–Crippen LogP) is 1.49. The Labute approximate surface area is 108 Å². The molecule has 0 radical (unpaired) electrons. The molecule has 3 aliphatic rings. The first-order valence-corrected chi connectivity index (χ1v) is 7.32. The first-order valence-electron chi connectivity index (χ1n) is 7.32. The van der Waals surface area contributed by atoms with Crippen molar-refractivity contribution in [3.05, 3.63) is 0 Å². The van der Waals surface area contributed by atoms with Gasteiger partial charge in [-0.05, 0) is 43.9 Å². The minimum absolute atomic E-state index is 0.00101. The fourth-order valence-corrected chi connectivity index (χ4v) is 3.46. The van der Waals surface area contributed by atoms with Crippen LogP contribution >= 0.6 is 0 Å². The van der Waals surface area contributed by atoms with E-state index in [1.54, 1.807) is 0 Å². The first kappa shape index (κ1) is 12.4. The molecule has 4 unspecified atom stereocenters. The van der Waals surface area contributed by atoms with Gasteiger partial charge in [-0.1, -0.05) is 0 Å². The van der Waals surface area contributed by atoms with Gasteiger partial charge in [0.25, 0.3) is 0 Å². The summed E-state index contributed by atoms with van der Waals surface area (Å²) in [5.41, 5.74) is 0. The van der Waals surface area contributed by atoms with Crippen LogP contribution in [-0.2, 0) is 14.3 Å². The molecule has 1 aliphatic carbocycles. The van der Waals surface area contributed by atoms with Crippen LogP contribution in [0, 0.1) is 11.8 Å². The first-order chi connectivity index (χ1) is 8.81. The lowest BCUT2D eigenvalue weighted by Crippen LogP contribution is -2.45. The molecule has 0 aromatic rings. The highest BCUT2D eigenvalue weighted by Crippen LogP contribution is 2.34. The molecule has 0 aromatic heterocycles. The van der Waals surface area contributed by atoms with Crippen molar-refractivity contribution in [3.8, 4) is 0 Å². The summed E-state index contributed by atoms with van der Waals surface area (Å²) in [6, 6.07) is 0.526. The molecule has 4 atom stereocenters. The highest BCUT2D eigenvalue weighted by atomic mass is 16.5. The number of hydrogen-bond donors (Lipinski definition) is 1. The van der Waals surface area contributed by atoms with Gasteiger partial charge in [0.1, 0.15) is 6.10 Å². The van der Waals surface area contributed by atoms with Crippen LogP contribution in [0.2, 0.25) is 0 Å². The highest BCUT2D eigenvalue weighted by molar-refractivity contribution is 5.70. The van der Waals surface area contributed by atoms with E-state index in [4.69, 9.17) is 9.47 Å². The summed E-state index contributed by atoms with van der Waals surface area (Å²) >= 11 is 0. The van der Waals surface area contributed by atoms with Gasteiger partial charge in [-0.25, -0.2) is 0 Å². The summed E-state index contributed by atoms with van der Waals surface area (Å²) in [6.07, 6.45) is 6.46.